The number of nitrogens with one attached hydrogen (secondary N) is 1. The van der Waals surface area contributed by atoms with Gasteiger partial charge in [-0.1, -0.05) is 0 Å². The SMILES string of the molecule is Cc1cc(Br)cnc1NC(=O)C1(N)CCOC1. The van der Waals surface area contributed by atoms with Crippen LogP contribution in [0.25, 0.3) is 0 Å². The molecule has 6 heteroatoms. The average molecular weight is 300 g/mol. The summed E-state index contributed by atoms with van der Waals surface area (Å²) in [6.45, 7) is 2.66. The Bertz CT molecular complexity index is 444. The first kappa shape index (κ1) is 12.5. The average Bonchev–Trinajstić information content (AvgIpc) is 2.71. The standard InChI is InChI=1S/C11H14BrN3O2/c1-7-4-8(12)5-14-9(7)15-10(16)11(13)2-3-17-6-11/h4-5H,2-3,6,13H2,1H3,(H,14,15,16). The summed E-state index contributed by atoms with van der Waals surface area (Å²) >= 11 is 3.32. The Hall–Kier alpha value is -0.980. The Morgan fingerprint density at radius 2 is 2.47 bits per heavy atom. The highest BCUT2D eigenvalue weighted by atomic mass is 79.9. The maximum absolute atomic E-state index is 12.0. The van der Waals surface area contributed by atoms with E-state index < -0.39 is 5.54 Å². The normalized spacial score (nSPS) is 23.7. The van der Waals surface area contributed by atoms with E-state index in [0.29, 0.717) is 18.8 Å². The van der Waals surface area contributed by atoms with Crippen molar-refractivity contribution >= 4 is 27.7 Å². The van der Waals surface area contributed by atoms with Crippen LogP contribution in [0.2, 0.25) is 0 Å². The van der Waals surface area contributed by atoms with Crippen LogP contribution in [0.3, 0.4) is 0 Å². The predicted octanol–water partition coefficient (Wildman–Crippen LogP) is 1.21. The van der Waals surface area contributed by atoms with Crippen LogP contribution in [0.4, 0.5) is 5.82 Å². The van der Waals surface area contributed by atoms with Gasteiger partial charge in [0.2, 0.25) is 5.91 Å². The minimum atomic E-state index is -0.929. The summed E-state index contributed by atoms with van der Waals surface area (Å²) in [6.07, 6.45) is 2.17. The molecule has 1 atom stereocenters. The number of aryl methyl sites for hydroxylation is 1. The predicted molar refractivity (Wildman–Crippen MR) is 67.7 cm³/mol. The summed E-state index contributed by atoms with van der Waals surface area (Å²) in [7, 11) is 0. The molecule has 1 fully saturated rings. The summed E-state index contributed by atoms with van der Waals surface area (Å²) in [4.78, 5) is 16.2. The molecule has 1 unspecified atom stereocenters. The van der Waals surface area contributed by atoms with Crippen molar-refractivity contribution in [3.8, 4) is 0 Å². The van der Waals surface area contributed by atoms with Crippen LogP contribution in [0.15, 0.2) is 16.7 Å². The van der Waals surface area contributed by atoms with Gasteiger partial charge < -0.3 is 15.8 Å². The number of halogens is 1. The molecule has 1 aromatic heterocycles. The van der Waals surface area contributed by atoms with Crippen LogP contribution in [0.1, 0.15) is 12.0 Å². The lowest BCUT2D eigenvalue weighted by atomic mass is 9.99. The smallest absolute Gasteiger partial charge is 0.248 e. The molecule has 0 aliphatic carbocycles. The number of nitrogens with zero attached hydrogens (tertiary/aromatic N) is 1. The van der Waals surface area contributed by atoms with Gasteiger partial charge in [0.15, 0.2) is 0 Å². The van der Waals surface area contributed by atoms with Crippen molar-refractivity contribution in [1.29, 1.82) is 0 Å². The number of carbonyl (C=O) groups excluding carboxylic acids is 1. The van der Waals surface area contributed by atoms with Gasteiger partial charge in [0.1, 0.15) is 11.4 Å². The van der Waals surface area contributed by atoms with E-state index in [2.05, 4.69) is 26.2 Å². The zero-order chi connectivity index (χ0) is 12.5. The minimum absolute atomic E-state index is 0.243. The first-order chi connectivity index (χ1) is 8.01. The molecule has 17 heavy (non-hydrogen) atoms. The third-order valence-electron chi connectivity index (χ3n) is 2.78. The second-order valence-electron chi connectivity index (χ2n) is 4.23. The van der Waals surface area contributed by atoms with Crippen LogP contribution in [-0.2, 0) is 9.53 Å². The molecular formula is C11H14BrN3O2. The topological polar surface area (TPSA) is 77.2 Å². The molecule has 1 aromatic rings. The van der Waals surface area contributed by atoms with E-state index >= 15 is 0 Å². The third-order valence-corrected chi connectivity index (χ3v) is 3.21. The molecule has 5 nitrogen and oxygen atoms in total. The molecule has 0 radical (unpaired) electrons. The summed E-state index contributed by atoms with van der Waals surface area (Å²) < 4.78 is 6.03. The summed E-state index contributed by atoms with van der Waals surface area (Å²) in [5, 5.41) is 2.74. The van der Waals surface area contributed by atoms with E-state index in [-0.39, 0.29) is 12.5 Å². The molecule has 1 saturated heterocycles. The van der Waals surface area contributed by atoms with Crippen molar-refractivity contribution in [1.82, 2.24) is 4.98 Å². The maximum atomic E-state index is 12.0. The van der Waals surface area contributed by atoms with Gasteiger partial charge in [0.05, 0.1) is 6.61 Å². The summed E-state index contributed by atoms with van der Waals surface area (Å²) in [5.74, 6) is 0.294. The maximum Gasteiger partial charge on any atom is 0.248 e. The van der Waals surface area contributed by atoms with Gasteiger partial charge in [-0.3, -0.25) is 4.79 Å². The number of hydrogen-bond donors (Lipinski definition) is 2. The number of ether oxygens (including phenoxy) is 1. The van der Waals surface area contributed by atoms with Crippen LogP contribution < -0.4 is 11.1 Å². The highest BCUT2D eigenvalue weighted by Crippen LogP contribution is 2.20. The van der Waals surface area contributed by atoms with Crippen molar-refractivity contribution in [2.24, 2.45) is 5.73 Å². The van der Waals surface area contributed by atoms with Gasteiger partial charge in [-0.25, -0.2) is 4.98 Å². The molecule has 1 amide bonds. The summed E-state index contributed by atoms with van der Waals surface area (Å²) in [5.41, 5.74) is 5.91. The Kier molecular flexibility index (Phi) is 3.46. The van der Waals surface area contributed by atoms with Crippen LogP contribution in [0.5, 0.6) is 0 Å². The van der Waals surface area contributed by atoms with Gasteiger partial charge in [-0.15, -0.1) is 0 Å². The van der Waals surface area contributed by atoms with Crippen LogP contribution in [0, 0.1) is 6.92 Å². The van der Waals surface area contributed by atoms with Crippen molar-refractivity contribution < 1.29 is 9.53 Å². The van der Waals surface area contributed by atoms with E-state index in [1.807, 2.05) is 13.0 Å². The Morgan fingerprint density at radius 1 is 1.71 bits per heavy atom. The number of amides is 1. The monoisotopic (exact) mass is 299 g/mol. The lowest BCUT2D eigenvalue weighted by Gasteiger charge is -2.20. The molecule has 3 N–H and O–H groups in total. The molecule has 1 aliphatic rings. The minimum Gasteiger partial charge on any atom is -0.379 e. The molecule has 2 rings (SSSR count). The molecule has 0 bridgehead atoms. The molecule has 92 valence electrons. The zero-order valence-corrected chi connectivity index (χ0v) is 11.1. The van der Waals surface area contributed by atoms with E-state index in [4.69, 9.17) is 10.5 Å². The number of nitrogens with two attached hydrogens (primary N) is 1. The van der Waals surface area contributed by atoms with Crippen LogP contribution in [-0.4, -0.2) is 29.6 Å². The van der Waals surface area contributed by atoms with Gasteiger partial charge in [-0.2, -0.15) is 0 Å². The summed E-state index contributed by atoms with van der Waals surface area (Å²) in [6, 6.07) is 1.89. The molecule has 1 aliphatic heterocycles. The lowest BCUT2D eigenvalue weighted by molar-refractivity contribution is -0.121. The second-order valence-corrected chi connectivity index (χ2v) is 5.15. The Balaban J connectivity index is 2.13. The van der Waals surface area contributed by atoms with Gasteiger partial charge >= 0.3 is 0 Å². The van der Waals surface area contributed by atoms with Gasteiger partial charge in [-0.05, 0) is 40.9 Å². The number of anilines is 1. The van der Waals surface area contributed by atoms with Crippen molar-refractivity contribution in [3.63, 3.8) is 0 Å². The fraction of sp³-hybridized carbons (Fsp3) is 0.455. The van der Waals surface area contributed by atoms with Crippen LogP contribution >= 0.6 is 15.9 Å². The van der Waals surface area contributed by atoms with Gasteiger partial charge in [0.25, 0.3) is 0 Å². The molecule has 0 spiro atoms. The number of carbonyl (C=O) groups is 1. The Morgan fingerprint density at radius 3 is 3.06 bits per heavy atom. The first-order valence-corrected chi connectivity index (χ1v) is 6.11. The second kappa shape index (κ2) is 4.72. The Labute approximate surface area is 108 Å². The number of hydrogen-bond acceptors (Lipinski definition) is 4. The zero-order valence-electron chi connectivity index (χ0n) is 9.50. The third kappa shape index (κ3) is 2.65. The lowest BCUT2D eigenvalue weighted by Crippen LogP contribution is -2.51. The van der Waals surface area contributed by atoms with Crippen molar-refractivity contribution in [3.05, 3.63) is 22.3 Å². The largest absolute Gasteiger partial charge is 0.379 e. The highest BCUT2D eigenvalue weighted by Gasteiger charge is 2.38. The fourth-order valence-electron chi connectivity index (χ4n) is 1.66. The quantitative estimate of drug-likeness (QED) is 0.860. The number of aromatic nitrogens is 1. The molecule has 2 heterocycles. The molecular weight excluding hydrogens is 286 g/mol. The highest BCUT2D eigenvalue weighted by molar-refractivity contribution is 9.10. The molecule has 0 saturated carbocycles. The van der Waals surface area contributed by atoms with E-state index in [1.54, 1.807) is 6.20 Å². The number of pyridine rings is 1. The van der Waals surface area contributed by atoms with Gasteiger partial charge in [0, 0.05) is 17.3 Å². The van der Waals surface area contributed by atoms with E-state index in [1.165, 1.54) is 0 Å². The first-order valence-electron chi connectivity index (χ1n) is 5.31. The fourth-order valence-corrected chi connectivity index (χ4v) is 2.11. The van der Waals surface area contributed by atoms with E-state index in [0.717, 1.165) is 10.0 Å². The van der Waals surface area contributed by atoms with Crippen molar-refractivity contribution in [2.45, 2.75) is 18.9 Å². The molecule has 0 aromatic carbocycles. The van der Waals surface area contributed by atoms with Crippen molar-refractivity contribution in [2.75, 3.05) is 18.5 Å². The number of rotatable bonds is 2. The van der Waals surface area contributed by atoms with E-state index in [9.17, 15) is 4.79 Å².